The maximum absolute atomic E-state index is 6.38. The second-order valence-corrected chi connectivity index (χ2v) is 4.64. The van der Waals surface area contributed by atoms with Gasteiger partial charge in [-0.15, -0.1) is 0 Å². The van der Waals surface area contributed by atoms with Crippen molar-refractivity contribution in [3.05, 3.63) is 65.9 Å². The number of aromatic amines is 1. The molecule has 0 fully saturated rings. The van der Waals surface area contributed by atoms with E-state index in [1.165, 1.54) is 5.39 Å². The average Bonchev–Trinajstić information content (AvgIpc) is 2.90. The molecule has 0 aliphatic carbocycles. The van der Waals surface area contributed by atoms with Crippen LogP contribution in [-0.4, -0.2) is 12.0 Å². The van der Waals surface area contributed by atoms with Gasteiger partial charge in [0.1, 0.15) is 0 Å². The molecule has 3 rings (SSSR count). The first-order valence-corrected chi connectivity index (χ1v) is 6.39. The normalized spacial score (nSPS) is 12.5. The number of aromatic nitrogens is 1. The Bertz CT molecular complexity index is 683. The lowest BCUT2D eigenvalue weighted by Crippen LogP contribution is -2.11. The second kappa shape index (κ2) is 4.78. The molecule has 19 heavy (non-hydrogen) atoms. The minimum atomic E-state index is -0.109. The van der Waals surface area contributed by atoms with Crippen molar-refractivity contribution in [2.24, 2.45) is 5.73 Å². The predicted molar refractivity (Wildman–Crippen MR) is 80.3 cm³/mol. The molecule has 3 aromatic rings. The largest absolute Gasteiger partial charge is 0.388 e. The summed E-state index contributed by atoms with van der Waals surface area (Å²) in [6, 6.07) is 16.3. The van der Waals surface area contributed by atoms with Crippen LogP contribution in [0.2, 0.25) is 0 Å². The molecule has 1 unspecified atom stereocenters. The van der Waals surface area contributed by atoms with E-state index in [4.69, 9.17) is 5.73 Å². The fourth-order valence-corrected chi connectivity index (χ4v) is 2.39. The van der Waals surface area contributed by atoms with E-state index in [-0.39, 0.29) is 6.04 Å². The van der Waals surface area contributed by atoms with E-state index >= 15 is 0 Å². The highest BCUT2D eigenvalue weighted by Gasteiger charge is 2.13. The summed E-state index contributed by atoms with van der Waals surface area (Å²) in [5.74, 6) is 0. The van der Waals surface area contributed by atoms with E-state index in [1.54, 1.807) is 0 Å². The van der Waals surface area contributed by atoms with E-state index in [0.717, 1.165) is 22.3 Å². The predicted octanol–water partition coefficient (Wildman–Crippen LogP) is 3.26. The van der Waals surface area contributed by atoms with Crippen LogP contribution in [0.25, 0.3) is 10.9 Å². The van der Waals surface area contributed by atoms with Crippen molar-refractivity contribution in [3.63, 3.8) is 0 Å². The van der Waals surface area contributed by atoms with Gasteiger partial charge in [0, 0.05) is 29.8 Å². The summed E-state index contributed by atoms with van der Waals surface area (Å²) in [5, 5.41) is 4.30. The van der Waals surface area contributed by atoms with Crippen molar-refractivity contribution in [1.29, 1.82) is 0 Å². The van der Waals surface area contributed by atoms with Gasteiger partial charge in [-0.05, 0) is 29.3 Å². The number of hydrogen-bond donors (Lipinski definition) is 3. The van der Waals surface area contributed by atoms with Gasteiger partial charge in [-0.1, -0.05) is 30.3 Å². The summed E-state index contributed by atoms with van der Waals surface area (Å²) >= 11 is 0. The Labute approximate surface area is 112 Å². The number of H-pyrrole nitrogens is 1. The zero-order valence-corrected chi connectivity index (χ0v) is 10.9. The van der Waals surface area contributed by atoms with Gasteiger partial charge in [-0.3, -0.25) is 0 Å². The molecule has 1 atom stereocenters. The molecule has 2 aromatic carbocycles. The molecule has 1 heterocycles. The Morgan fingerprint density at radius 2 is 1.79 bits per heavy atom. The van der Waals surface area contributed by atoms with Gasteiger partial charge in [0.05, 0.1) is 6.04 Å². The summed E-state index contributed by atoms with van der Waals surface area (Å²) in [6.45, 7) is 0. The van der Waals surface area contributed by atoms with Crippen LogP contribution in [0.5, 0.6) is 0 Å². The molecule has 0 saturated heterocycles. The third kappa shape index (κ3) is 2.09. The van der Waals surface area contributed by atoms with Crippen LogP contribution in [0.3, 0.4) is 0 Å². The van der Waals surface area contributed by atoms with Crippen LogP contribution >= 0.6 is 0 Å². The number of fused-ring (bicyclic) bond motifs is 1. The topological polar surface area (TPSA) is 53.8 Å². The molecule has 0 spiro atoms. The summed E-state index contributed by atoms with van der Waals surface area (Å²) < 4.78 is 0. The average molecular weight is 251 g/mol. The molecule has 4 N–H and O–H groups in total. The Hall–Kier alpha value is -2.26. The Balaban J connectivity index is 2.00. The molecule has 0 aliphatic rings. The van der Waals surface area contributed by atoms with Crippen LogP contribution in [0.4, 0.5) is 5.69 Å². The molecule has 0 bridgehead atoms. The first kappa shape index (κ1) is 11.8. The van der Waals surface area contributed by atoms with Crippen LogP contribution < -0.4 is 11.1 Å². The highest BCUT2D eigenvalue weighted by Crippen LogP contribution is 2.27. The van der Waals surface area contributed by atoms with E-state index in [9.17, 15) is 0 Å². The highest BCUT2D eigenvalue weighted by atomic mass is 14.8. The molecular weight excluding hydrogens is 234 g/mol. The van der Waals surface area contributed by atoms with Gasteiger partial charge in [0.15, 0.2) is 0 Å². The van der Waals surface area contributed by atoms with Crippen molar-refractivity contribution in [2.75, 3.05) is 12.4 Å². The van der Waals surface area contributed by atoms with Crippen molar-refractivity contribution >= 4 is 16.6 Å². The zero-order chi connectivity index (χ0) is 13.2. The third-order valence-electron chi connectivity index (χ3n) is 3.51. The van der Waals surface area contributed by atoms with Gasteiger partial charge >= 0.3 is 0 Å². The lowest BCUT2D eigenvalue weighted by Gasteiger charge is -2.12. The maximum atomic E-state index is 6.38. The quantitative estimate of drug-likeness (QED) is 0.669. The molecule has 0 aliphatic heterocycles. The molecular formula is C16H17N3. The van der Waals surface area contributed by atoms with Gasteiger partial charge in [0.2, 0.25) is 0 Å². The summed E-state index contributed by atoms with van der Waals surface area (Å²) in [4.78, 5) is 3.27. The zero-order valence-electron chi connectivity index (χ0n) is 10.9. The standard InChI is InChI=1S/C16H17N3/c1-18-12-8-6-11(7-9-12)16(17)14-10-19-15-5-3-2-4-13(14)15/h2-10,16,18-19H,17H2,1H3. The van der Waals surface area contributed by atoms with E-state index in [1.807, 2.05) is 37.5 Å². The van der Waals surface area contributed by atoms with E-state index in [2.05, 4.69) is 34.6 Å². The SMILES string of the molecule is CNc1ccc(C(N)c2c[nH]c3ccccc23)cc1. The number of para-hydroxylation sites is 1. The smallest absolute Gasteiger partial charge is 0.0572 e. The number of benzene rings is 2. The number of hydrogen-bond acceptors (Lipinski definition) is 2. The first-order valence-electron chi connectivity index (χ1n) is 6.39. The van der Waals surface area contributed by atoms with Crippen LogP contribution in [0, 0.1) is 0 Å². The second-order valence-electron chi connectivity index (χ2n) is 4.64. The van der Waals surface area contributed by atoms with Crippen molar-refractivity contribution in [2.45, 2.75) is 6.04 Å². The van der Waals surface area contributed by atoms with Crippen molar-refractivity contribution in [3.8, 4) is 0 Å². The summed E-state index contributed by atoms with van der Waals surface area (Å²) in [6.07, 6.45) is 2.00. The molecule has 0 radical (unpaired) electrons. The molecule has 1 aromatic heterocycles. The number of nitrogens with two attached hydrogens (primary N) is 1. The number of nitrogens with one attached hydrogen (secondary N) is 2. The Morgan fingerprint density at radius 1 is 1.05 bits per heavy atom. The monoisotopic (exact) mass is 251 g/mol. The lowest BCUT2D eigenvalue weighted by atomic mass is 9.99. The van der Waals surface area contributed by atoms with E-state index in [0.29, 0.717) is 0 Å². The van der Waals surface area contributed by atoms with Crippen LogP contribution in [0.1, 0.15) is 17.2 Å². The fraction of sp³-hybridized carbons (Fsp3) is 0.125. The van der Waals surface area contributed by atoms with Gasteiger partial charge in [0.25, 0.3) is 0 Å². The summed E-state index contributed by atoms with van der Waals surface area (Å²) in [7, 11) is 1.91. The Kier molecular flexibility index (Phi) is 2.97. The van der Waals surface area contributed by atoms with E-state index < -0.39 is 0 Å². The van der Waals surface area contributed by atoms with Crippen molar-refractivity contribution in [1.82, 2.24) is 4.98 Å². The summed E-state index contributed by atoms with van der Waals surface area (Å²) in [5.41, 5.74) is 10.8. The van der Waals surface area contributed by atoms with Crippen molar-refractivity contribution < 1.29 is 0 Å². The molecule has 0 saturated carbocycles. The molecule has 96 valence electrons. The van der Waals surface area contributed by atoms with Gasteiger partial charge in [-0.2, -0.15) is 0 Å². The number of rotatable bonds is 3. The van der Waals surface area contributed by atoms with Crippen LogP contribution in [0.15, 0.2) is 54.7 Å². The highest BCUT2D eigenvalue weighted by molar-refractivity contribution is 5.84. The molecule has 0 amide bonds. The van der Waals surface area contributed by atoms with Crippen LogP contribution in [-0.2, 0) is 0 Å². The minimum Gasteiger partial charge on any atom is -0.388 e. The molecule has 3 nitrogen and oxygen atoms in total. The first-order chi connectivity index (χ1) is 9.29. The minimum absolute atomic E-state index is 0.109. The third-order valence-corrected chi connectivity index (χ3v) is 3.51. The van der Waals surface area contributed by atoms with Gasteiger partial charge in [-0.25, -0.2) is 0 Å². The number of anilines is 1. The fourth-order valence-electron chi connectivity index (χ4n) is 2.39. The van der Waals surface area contributed by atoms with Gasteiger partial charge < -0.3 is 16.0 Å². The molecule has 3 heteroatoms. The lowest BCUT2D eigenvalue weighted by molar-refractivity contribution is 0.880. The Morgan fingerprint density at radius 3 is 2.53 bits per heavy atom. The maximum Gasteiger partial charge on any atom is 0.0572 e.